The molecule has 71 heavy (non-hydrogen) atoms. The number of carboxylic acids is 1. The van der Waals surface area contributed by atoms with Crippen molar-refractivity contribution in [2.75, 3.05) is 26.4 Å². The molecule has 2 aromatic carbocycles. The van der Waals surface area contributed by atoms with Gasteiger partial charge in [-0.3, -0.25) is 14.2 Å². The van der Waals surface area contributed by atoms with Crippen molar-refractivity contribution in [2.45, 2.75) is 90.8 Å². The molecule has 0 radical (unpaired) electrons. The molecule has 19 nitrogen and oxygen atoms in total. The molecule has 0 bridgehead atoms. The fraction of sp³-hybridized carbons (Fsp3) is 0.417. The van der Waals surface area contributed by atoms with Crippen LogP contribution in [-0.2, 0) is 37.0 Å². The number of aromatic carboxylic acids is 1. The predicted octanol–water partition coefficient (Wildman–Crippen LogP) is 7.01. The van der Waals surface area contributed by atoms with Gasteiger partial charge in [0.05, 0.1) is 42.2 Å². The third-order valence-electron chi connectivity index (χ3n) is 11.1. The number of nitrogens with one attached hydrogen (secondary N) is 1. The zero-order valence-corrected chi connectivity index (χ0v) is 43.9. The molecule has 6 heterocycles. The maximum absolute atomic E-state index is 13.8. The van der Waals surface area contributed by atoms with Gasteiger partial charge < -0.3 is 45.0 Å². The van der Waals surface area contributed by atoms with E-state index in [1.807, 2.05) is 0 Å². The number of aliphatic hydroxyl groups is 2. The van der Waals surface area contributed by atoms with Crippen molar-refractivity contribution in [2.24, 2.45) is 19.8 Å². The van der Waals surface area contributed by atoms with Crippen molar-refractivity contribution in [1.29, 1.82) is 0 Å². The first kappa shape index (κ1) is 54.0. The summed E-state index contributed by atoms with van der Waals surface area (Å²) in [5.74, 6) is -2.17. The predicted molar refractivity (Wildman–Crippen MR) is 274 cm³/mol. The number of rotatable bonds is 17. The highest BCUT2D eigenvalue weighted by Crippen LogP contribution is 2.31. The highest BCUT2D eigenvalue weighted by molar-refractivity contribution is 6.76. The maximum atomic E-state index is 13.8. The summed E-state index contributed by atoms with van der Waals surface area (Å²) in [5.41, 5.74) is 10.2. The van der Waals surface area contributed by atoms with Crippen molar-refractivity contribution in [3.63, 3.8) is 0 Å². The number of ether oxygens (including phenoxy) is 2. The molecule has 0 unspecified atom stereocenters. The molecule has 8 rings (SSSR count). The van der Waals surface area contributed by atoms with E-state index in [1.165, 1.54) is 30.5 Å². The van der Waals surface area contributed by atoms with Gasteiger partial charge in [-0.1, -0.05) is 39.3 Å². The minimum absolute atomic E-state index is 0.0458. The second kappa shape index (κ2) is 22.8. The van der Waals surface area contributed by atoms with Gasteiger partial charge in [-0.25, -0.2) is 33.5 Å². The van der Waals surface area contributed by atoms with Crippen molar-refractivity contribution in [3.8, 4) is 22.8 Å². The van der Waals surface area contributed by atoms with Crippen LogP contribution >= 0.6 is 0 Å². The minimum Gasteiger partial charge on any atom is -0.478 e. The van der Waals surface area contributed by atoms with Crippen LogP contribution in [0.5, 0.6) is 0 Å². The summed E-state index contributed by atoms with van der Waals surface area (Å²) in [6.45, 7) is 18.7. The van der Waals surface area contributed by atoms with E-state index >= 15 is 0 Å². The van der Waals surface area contributed by atoms with Crippen LogP contribution in [0.2, 0.25) is 51.4 Å². The highest BCUT2D eigenvalue weighted by Gasteiger charge is 2.24. The number of hydrogen-bond donors (Lipinski definition) is 5. The minimum atomic E-state index is -1.24. The summed E-state index contributed by atoms with van der Waals surface area (Å²) in [7, 11) is 0.998. The molecule has 0 saturated carbocycles. The second-order valence-corrected chi connectivity index (χ2v) is 31.1. The lowest BCUT2D eigenvalue weighted by Crippen LogP contribution is -2.34. The first-order valence-corrected chi connectivity index (χ1v) is 30.5. The maximum Gasteiger partial charge on any atom is 0.339 e. The first-order chi connectivity index (χ1) is 33.5. The molecule has 6 aromatic heterocycles. The van der Waals surface area contributed by atoms with Gasteiger partial charge in [-0.05, 0) is 62.3 Å². The molecule has 380 valence electrons. The van der Waals surface area contributed by atoms with Gasteiger partial charge in [0.25, 0.3) is 5.91 Å². The van der Waals surface area contributed by atoms with E-state index in [1.54, 1.807) is 77.2 Å². The molecule has 8 aromatic rings. The first-order valence-electron chi connectivity index (χ1n) is 23.1. The number of nitrogens with two attached hydrogens (primary N) is 1. The topological polar surface area (TPSA) is 248 Å². The molecular weight excluding hydrogens is 951 g/mol. The van der Waals surface area contributed by atoms with Crippen LogP contribution in [0.4, 0.5) is 8.78 Å². The van der Waals surface area contributed by atoms with E-state index in [0.29, 0.717) is 74.8 Å². The Hall–Kier alpha value is -6.35. The van der Waals surface area contributed by atoms with Crippen molar-refractivity contribution in [3.05, 3.63) is 83.9 Å². The quantitative estimate of drug-likeness (QED) is 0.0455. The van der Waals surface area contributed by atoms with Crippen molar-refractivity contribution < 1.29 is 43.2 Å². The highest BCUT2D eigenvalue weighted by atomic mass is 28.3. The smallest absolute Gasteiger partial charge is 0.339 e. The normalized spacial score (nSPS) is 12.8. The fourth-order valence-electron chi connectivity index (χ4n) is 7.12. The molecule has 0 saturated heterocycles. The fourth-order valence-corrected chi connectivity index (χ4v) is 8.63. The van der Waals surface area contributed by atoms with Gasteiger partial charge >= 0.3 is 5.97 Å². The van der Waals surface area contributed by atoms with Gasteiger partial charge in [0.2, 0.25) is 0 Å². The summed E-state index contributed by atoms with van der Waals surface area (Å²) in [5, 5.41) is 40.2. The van der Waals surface area contributed by atoms with Crippen LogP contribution in [-0.4, -0.2) is 130 Å². The number of carboxylic acid groups (broad SMARTS) is 1. The van der Waals surface area contributed by atoms with Crippen LogP contribution in [0.1, 0.15) is 34.6 Å². The van der Waals surface area contributed by atoms with E-state index < -0.39 is 28.2 Å². The molecule has 0 spiro atoms. The van der Waals surface area contributed by atoms with Crippen LogP contribution in [0, 0.1) is 11.6 Å². The molecular formula is C48H64F2N12O7Si2. The average molecular weight is 1020 g/mol. The third kappa shape index (κ3) is 13.5. The Morgan fingerprint density at radius 1 is 0.718 bits per heavy atom. The zero-order chi connectivity index (χ0) is 51.9. The number of hydrogen-bond acceptors (Lipinski definition) is 13. The summed E-state index contributed by atoms with van der Waals surface area (Å²) in [6.07, 6.45) is 6.33. The number of nitrogens with zero attached hydrogens (tertiary/aromatic N) is 10. The van der Waals surface area contributed by atoms with Gasteiger partial charge in [0.15, 0.2) is 11.3 Å². The second-order valence-electron chi connectivity index (χ2n) is 19.9. The molecule has 0 fully saturated rings. The van der Waals surface area contributed by atoms with Crippen molar-refractivity contribution in [1.82, 2.24) is 53.9 Å². The van der Waals surface area contributed by atoms with Gasteiger partial charge in [0, 0.05) is 78.7 Å². The average Bonchev–Trinajstić information content (AvgIpc) is 4.06. The number of aryl methyl sites for hydroxylation is 2. The molecule has 0 aliphatic carbocycles. The Balaban J connectivity index is 0.000000213. The number of aromatic nitrogens is 10. The Labute approximate surface area is 411 Å². The van der Waals surface area contributed by atoms with Crippen LogP contribution in [0.25, 0.3) is 66.9 Å². The SMILES string of the molecule is C[C@@H](CO)NC(=O)c1cn(COCC[Si](C)(C)C)c2ncc(-c3nn(C)c4cc(F)ccc34)nc12.C[C@H](N)CO.Cn1nc(-c2cnc3c(n2)c(C(=O)O)cn3COCC[Si](C)(C)C)c2ccc(F)cc21. The van der Waals surface area contributed by atoms with Gasteiger partial charge in [-0.15, -0.1) is 0 Å². The van der Waals surface area contributed by atoms with Crippen LogP contribution in [0.3, 0.4) is 0 Å². The summed E-state index contributed by atoms with van der Waals surface area (Å²) in [4.78, 5) is 43.2. The summed E-state index contributed by atoms with van der Waals surface area (Å²) >= 11 is 0. The van der Waals surface area contributed by atoms with Crippen LogP contribution in [0.15, 0.2) is 61.2 Å². The largest absolute Gasteiger partial charge is 0.478 e. The van der Waals surface area contributed by atoms with Crippen molar-refractivity contribution >= 4 is 72.2 Å². The zero-order valence-electron chi connectivity index (χ0n) is 41.9. The number of halogens is 2. The number of fused-ring (bicyclic) bond motifs is 4. The van der Waals surface area contributed by atoms with Gasteiger partial charge in [0.1, 0.15) is 64.5 Å². The van der Waals surface area contributed by atoms with E-state index in [9.17, 15) is 28.6 Å². The molecule has 1 amide bonds. The number of benzene rings is 2. The molecule has 0 aliphatic heterocycles. The number of aliphatic hydroxyl groups excluding tert-OH is 2. The lowest BCUT2D eigenvalue weighted by molar-refractivity contribution is 0.0695. The number of carbonyl (C=O) groups excluding carboxylic acids is 1. The summed E-state index contributed by atoms with van der Waals surface area (Å²) < 4.78 is 45.6. The Morgan fingerprint density at radius 2 is 1.14 bits per heavy atom. The van der Waals surface area contributed by atoms with E-state index in [2.05, 4.69) is 69.7 Å². The Bertz CT molecular complexity index is 3160. The lowest BCUT2D eigenvalue weighted by atomic mass is 10.1. The molecule has 2 atom stereocenters. The third-order valence-corrected chi connectivity index (χ3v) is 14.5. The molecule has 23 heteroatoms. The summed E-state index contributed by atoms with van der Waals surface area (Å²) in [6, 6.07) is 10.4. The number of carbonyl (C=O) groups is 2. The van der Waals surface area contributed by atoms with E-state index in [-0.39, 0.29) is 61.3 Å². The number of amides is 1. The molecule has 6 N–H and O–H groups in total. The lowest BCUT2D eigenvalue weighted by Gasteiger charge is -2.15. The van der Waals surface area contributed by atoms with Crippen LogP contribution < -0.4 is 11.1 Å². The van der Waals surface area contributed by atoms with E-state index in [4.69, 9.17) is 25.3 Å². The Kier molecular flexibility index (Phi) is 17.4. The monoisotopic (exact) mass is 1010 g/mol. The standard InChI is InChI=1S/C24H31FN6O3Si.C21H24FN5O3Si.C3H9NO/c1-15(13-32)27-24(33)18-12-31(14-34-8-9-35(3,4)5)23-22(18)28-19(11-26-23)21-17-7-6-16(25)10-20(17)30(2)29-21;1-26-17-9-13(22)5-6-14(17)18(25-26)16-10-23-20-19(24-16)15(21(28)29)11-27(20)12-30-7-8-31(2,3)4;1-3(4)2-5/h6-7,10-12,15,32H,8-9,13-14H2,1-5H3,(H,27,33);5-6,9-11H,7-8,12H2,1-4H3,(H,28,29);3,5H,2,4H2,1H3/t15-;;3-/m0.0/s1. The Morgan fingerprint density at radius 3 is 1.54 bits per heavy atom. The van der Waals surface area contributed by atoms with Gasteiger partial charge in [-0.2, -0.15) is 10.2 Å². The van der Waals surface area contributed by atoms with E-state index in [0.717, 1.165) is 17.5 Å². The molecule has 0 aliphatic rings.